The van der Waals surface area contributed by atoms with Gasteiger partial charge in [-0.3, -0.25) is 9.59 Å². The van der Waals surface area contributed by atoms with E-state index >= 15 is 0 Å². The molecule has 0 bridgehead atoms. The summed E-state index contributed by atoms with van der Waals surface area (Å²) in [5.74, 6) is -0.799. The second kappa shape index (κ2) is 7.64. The highest BCUT2D eigenvalue weighted by Gasteiger charge is 2.12. The predicted molar refractivity (Wildman–Crippen MR) is 86.0 cm³/mol. The average molecular weight is 302 g/mol. The lowest BCUT2D eigenvalue weighted by Crippen LogP contribution is -2.24. The van der Waals surface area contributed by atoms with Crippen LogP contribution < -0.4 is 5.32 Å². The predicted octanol–water partition coefficient (Wildman–Crippen LogP) is 2.94. The van der Waals surface area contributed by atoms with Gasteiger partial charge in [0, 0.05) is 37.1 Å². The number of hydrogen-bond acceptors (Lipinski definition) is 2. The molecule has 0 aliphatic heterocycles. The topological polar surface area (TPSA) is 71.3 Å². The highest BCUT2D eigenvalue weighted by molar-refractivity contribution is 6.06. The first kappa shape index (κ1) is 16.1. The van der Waals surface area contributed by atoms with Gasteiger partial charge in [-0.1, -0.05) is 31.0 Å². The summed E-state index contributed by atoms with van der Waals surface area (Å²) >= 11 is 0. The second-order valence-corrected chi connectivity index (χ2v) is 5.48. The summed E-state index contributed by atoms with van der Waals surface area (Å²) in [5, 5.41) is 12.4. The summed E-state index contributed by atoms with van der Waals surface area (Å²) in [6, 6.07) is 7.84. The van der Waals surface area contributed by atoms with Gasteiger partial charge in [-0.25, -0.2) is 0 Å². The molecule has 5 heteroatoms. The second-order valence-electron chi connectivity index (χ2n) is 5.48. The number of carbonyl (C=O) groups is 2. The maximum absolute atomic E-state index is 12.2. The minimum Gasteiger partial charge on any atom is -0.481 e. The van der Waals surface area contributed by atoms with E-state index in [0.29, 0.717) is 18.5 Å². The van der Waals surface area contributed by atoms with E-state index in [2.05, 4.69) is 5.32 Å². The van der Waals surface area contributed by atoms with E-state index < -0.39 is 5.97 Å². The van der Waals surface area contributed by atoms with Crippen molar-refractivity contribution >= 4 is 22.8 Å². The van der Waals surface area contributed by atoms with Crippen LogP contribution in [0, 0.1) is 0 Å². The number of aromatic nitrogens is 1. The van der Waals surface area contributed by atoms with Crippen molar-refractivity contribution in [2.45, 2.75) is 32.1 Å². The normalized spacial score (nSPS) is 10.8. The maximum Gasteiger partial charge on any atom is 0.303 e. The molecule has 0 spiro atoms. The molecule has 0 saturated heterocycles. The number of carboxylic acids is 1. The van der Waals surface area contributed by atoms with Crippen LogP contribution in [0.1, 0.15) is 42.5 Å². The van der Waals surface area contributed by atoms with E-state index in [0.717, 1.165) is 30.2 Å². The van der Waals surface area contributed by atoms with Gasteiger partial charge < -0.3 is 15.0 Å². The van der Waals surface area contributed by atoms with Crippen molar-refractivity contribution in [3.8, 4) is 0 Å². The molecule has 22 heavy (non-hydrogen) atoms. The first-order valence-corrected chi connectivity index (χ1v) is 7.63. The van der Waals surface area contributed by atoms with Gasteiger partial charge in [0.05, 0.1) is 5.56 Å². The van der Waals surface area contributed by atoms with Crippen molar-refractivity contribution < 1.29 is 14.7 Å². The van der Waals surface area contributed by atoms with E-state index in [1.807, 2.05) is 42.1 Å². The summed E-state index contributed by atoms with van der Waals surface area (Å²) in [6.07, 6.45) is 5.47. The van der Waals surface area contributed by atoms with Crippen molar-refractivity contribution in [2.24, 2.45) is 7.05 Å². The third-order valence-electron chi connectivity index (χ3n) is 3.74. The molecular formula is C17H22N2O3. The number of nitrogens with zero attached hydrogens (tertiary/aromatic N) is 1. The maximum atomic E-state index is 12.2. The fourth-order valence-corrected chi connectivity index (χ4v) is 2.57. The Balaban J connectivity index is 1.79. The third kappa shape index (κ3) is 4.10. The van der Waals surface area contributed by atoms with Gasteiger partial charge in [-0.15, -0.1) is 0 Å². The fourth-order valence-electron chi connectivity index (χ4n) is 2.57. The van der Waals surface area contributed by atoms with Gasteiger partial charge in [-0.05, 0) is 18.9 Å². The molecule has 0 unspecified atom stereocenters. The third-order valence-corrected chi connectivity index (χ3v) is 3.74. The summed E-state index contributed by atoms with van der Waals surface area (Å²) in [4.78, 5) is 22.6. The van der Waals surface area contributed by atoms with E-state index in [-0.39, 0.29) is 12.3 Å². The van der Waals surface area contributed by atoms with Crippen LogP contribution in [0.2, 0.25) is 0 Å². The molecule has 0 atom stereocenters. The molecule has 0 aliphatic carbocycles. The molecule has 1 heterocycles. The first-order chi connectivity index (χ1) is 10.6. The van der Waals surface area contributed by atoms with Crippen LogP contribution in [0.5, 0.6) is 0 Å². The number of amides is 1. The molecule has 5 nitrogen and oxygen atoms in total. The summed E-state index contributed by atoms with van der Waals surface area (Å²) in [6.45, 7) is 0.620. The lowest BCUT2D eigenvalue weighted by molar-refractivity contribution is -0.137. The Morgan fingerprint density at radius 1 is 1.14 bits per heavy atom. The number of aryl methyl sites for hydroxylation is 1. The van der Waals surface area contributed by atoms with Crippen molar-refractivity contribution in [3.63, 3.8) is 0 Å². The first-order valence-electron chi connectivity index (χ1n) is 7.63. The van der Waals surface area contributed by atoms with Crippen molar-refractivity contribution in [1.29, 1.82) is 0 Å². The van der Waals surface area contributed by atoms with Gasteiger partial charge in [-0.2, -0.15) is 0 Å². The zero-order chi connectivity index (χ0) is 15.9. The average Bonchev–Trinajstić information content (AvgIpc) is 2.83. The van der Waals surface area contributed by atoms with Crippen molar-refractivity contribution in [1.82, 2.24) is 9.88 Å². The molecule has 1 aromatic heterocycles. The lowest BCUT2D eigenvalue weighted by atomic mass is 10.1. The molecule has 2 rings (SSSR count). The van der Waals surface area contributed by atoms with E-state index in [1.54, 1.807) is 0 Å². The number of rotatable bonds is 8. The number of hydrogen-bond donors (Lipinski definition) is 2. The zero-order valence-electron chi connectivity index (χ0n) is 12.8. The quantitative estimate of drug-likeness (QED) is 0.736. The Bertz CT molecular complexity index is 661. The standard InChI is InChI=1S/C17H22N2O3/c1-19-12-14(13-8-5-6-9-15(13)19)17(22)18-11-7-3-2-4-10-16(20)21/h5-6,8-9,12H,2-4,7,10-11H2,1H3,(H,18,22)(H,20,21). The number of carbonyl (C=O) groups excluding carboxylic acids is 1. The van der Waals surface area contributed by atoms with E-state index in [1.165, 1.54) is 0 Å². The minimum atomic E-state index is -0.746. The lowest BCUT2D eigenvalue weighted by Gasteiger charge is -2.04. The highest BCUT2D eigenvalue weighted by atomic mass is 16.4. The Labute approximate surface area is 129 Å². The molecule has 0 radical (unpaired) electrons. The molecule has 0 aliphatic rings. The summed E-state index contributed by atoms with van der Waals surface area (Å²) in [5.41, 5.74) is 1.74. The smallest absolute Gasteiger partial charge is 0.303 e. The van der Waals surface area contributed by atoms with Crippen LogP contribution in [-0.2, 0) is 11.8 Å². The minimum absolute atomic E-state index is 0.0534. The van der Waals surface area contributed by atoms with Crippen LogP contribution in [0.3, 0.4) is 0 Å². The monoisotopic (exact) mass is 302 g/mol. The Hall–Kier alpha value is -2.30. The number of fused-ring (bicyclic) bond motifs is 1. The Kier molecular flexibility index (Phi) is 5.58. The van der Waals surface area contributed by atoms with Crippen LogP contribution >= 0.6 is 0 Å². The van der Waals surface area contributed by atoms with Crippen LogP contribution in [0.4, 0.5) is 0 Å². The molecule has 2 aromatic rings. The van der Waals surface area contributed by atoms with Crippen molar-refractivity contribution in [3.05, 3.63) is 36.0 Å². The van der Waals surface area contributed by atoms with Gasteiger partial charge in [0.15, 0.2) is 0 Å². The zero-order valence-corrected chi connectivity index (χ0v) is 12.8. The molecule has 1 amide bonds. The van der Waals surface area contributed by atoms with Gasteiger partial charge in [0.25, 0.3) is 5.91 Å². The molecule has 118 valence electrons. The van der Waals surface area contributed by atoms with E-state index in [9.17, 15) is 9.59 Å². The van der Waals surface area contributed by atoms with Gasteiger partial charge in [0.1, 0.15) is 0 Å². The van der Waals surface area contributed by atoms with Crippen LogP contribution in [0.15, 0.2) is 30.5 Å². The number of para-hydroxylation sites is 1. The largest absolute Gasteiger partial charge is 0.481 e. The Morgan fingerprint density at radius 2 is 1.86 bits per heavy atom. The number of carboxylic acid groups (broad SMARTS) is 1. The fraction of sp³-hybridized carbons (Fsp3) is 0.412. The molecule has 0 saturated carbocycles. The van der Waals surface area contributed by atoms with Crippen LogP contribution in [-0.4, -0.2) is 28.1 Å². The Morgan fingerprint density at radius 3 is 2.64 bits per heavy atom. The molecule has 0 fully saturated rings. The molecule has 2 N–H and O–H groups in total. The number of aliphatic carboxylic acids is 1. The highest BCUT2D eigenvalue weighted by Crippen LogP contribution is 2.20. The van der Waals surface area contributed by atoms with E-state index in [4.69, 9.17) is 5.11 Å². The summed E-state index contributed by atoms with van der Waals surface area (Å²) in [7, 11) is 1.93. The SMILES string of the molecule is Cn1cc(C(=O)NCCCCCCC(=O)O)c2ccccc21. The summed E-state index contributed by atoms with van der Waals surface area (Å²) < 4.78 is 1.95. The number of nitrogens with one attached hydrogen (secondary N) is 1. The van der Waals surface area contributed by atoms with Gasteiger partial charge in [0.2, 0.25) is 0 Å². The molecular weight excluding hydrogens is 280 g/mol. The van der Waals surface area contributed by atoms with Crippen molar-refractivity contribution in [2.75, 3.05) is 6.54 Å². The number of benzene rings is 1. The van der Waals surface area contributed by atoms with Gasteiger partial charge >= 0.3 is 5.97 Å². The molecule has 1 aromatic carbocycles. The number of unbranched alkanes of at least 4 members (excludes halogenated alkanes) is 3. The van der Waals surface area contributed by atoms with Crippen LogP contribution in [0.25, 0.3) is 10.9 Å².